The van der Waals surface area contributed by atoms with E-state index in [1.807, 2.05) is 0 Å². The minimum absolute atomic E-state index is 0.0624. The summed E-state index contributed by atoms with van der Waals surface area (Å²) in [5.74, 6) is 0.833. The van der Waals surface area contributed by atoms with Crippen LogP contribution in [0.4, 0.5) is 0 Å². The maximum absolute atomic E-state index is 12.9. The summed E-state index contributed by atoms with van der Waals surface area (Å²) in [6.45, 7) is 11.4. The summed E-state index contributed by atoms with van der Waals surface area (Å²) in [4.78, 5) is 38.2. The summed E-state index contributed by atoms with van der Waals surface area (Å²) < 4.78 is 16.9. The lowest BCUT2D eigenvalue weighted by Crippen LogP contribution is -2.30. The number of hydrogen-bond donors (Lipinski definition) is 0. The van der Waals surface area contributed by atoms with Crippen LogP contribution >= 0.6 is 0 Å². The first-order valence-electron chi connectivity index (χ1n) is 29.7. The molecule has 0 N–H and O–H groups in total. The van der Waals surface area contributed by atoms with Gasteiger partial charge in [0.25, 0.3) is 0 Å². The van der Waals surface area contributed by atoms with Crippen LogP contribution in [-0.2, 0) is 28.6 Å². The second-order valence-electron chi connectivity index (χ2n) is 21.6. The number of rotatable bonds is 54. The van der Waals surface area contributed by atoms with E-state index in [0.29, 0.717) is 19.3 Å². The molecule has 0 aliphatic carbocycles. The van der Waals surface area contributed by atoms with Crippen LogP contribution < -0.4 is 0 Å². The molecular weight excluding hydrogens is 817 g/mol. The van der Waals surface area contributed by atoms with Crippen molar-refractivity contribution in [3.8, 4) is 0 Å². The third kappa shape index (κ3) is 53.4. The van der Waals surface area contributed by atoms with Gasteiger partial charge >= 0.3 is 17.9 Å². The molecule has 0 radical (unpaired) electrons. The predicted octanol–water partition coefficient (Wildman–Crippen LogP) is 19.7. The number of unbranched alkanes of at least 4 members (excludes halogenated alkanes) is 39. The first-order chi connectivity index (χ1) is 32.2. The van der Waals surface area contributed by atoms with Crippen molar-refractivity contribution in [2.75, 3.05) is 13.2 Å². The molecule has 0 aromatic carbocycles. The second kappa shape index (κ2) is 52.8. The molecule has 0 aromatic rings. The normalized spacial score (nSPS) is 12.0. The number of esters is 3. The van der Waals surface area contributed by atoms with E-state index < -0.39 is 6.10 Å². The molecule has 6 nitrogen and oxygen atoms in total. The zero-order valence-corrected chi connectivity index (χ0v) is 45.3. The fraction of sp³-hybridized carbons (Fsp3) is 0.950. The van der Waals surface area contributed by atoms with Crippen molar-refractivity contribution >= 4 is 17.9 Å². The van der Waals surface area contributed by atoms with Crippen LogP contribution in [0.1, 0.15) is 336 Å². The highest BCUT2D eigenvalue weighted by Gasteiger charge is 2.19. The largest absolute Gasteiger partial charge is 0.462 e. The van der Waals surface area contributed by atoms with E-state index in [-0.39, 0.29) is 31.1 Å². The van der Waals surface area contributed by atoms with E-state index in [1.54, 1.807) is 0 Å². The monoisotopic (exact) mass is 933 g/mol. The molecular formula is C60H116O6. The van der Waals surface area contributed by atoms with Gasteiger partial charge < -0.3 is 14.2 Å². The Kier molecular flexibility index (Phi) is 51.5. The molecule has 0 fully saturated rings. The third-order valence-corrected chi connectivity index (χ3v) is 13.7. The van der Waals surface area contributed by atoms with Gasteiger partial charge in [-0.05, 0) is 31.1 Å². The maximum Gasteiger partial charge on any atom is 0.306 e. The molecule has 6 heteroatoms. The van der Waals surface area contributed by atoms with Crippen LogP contribution in [-0.4, -0.2) is 37.2 Å². The van der Waals surface area contributed by atoms with E-state index in [2.05, 4.69) is 34.6 Å². The van der Waals surface area contributed by atoms with Crippen molar-refractivity contribution in [1.29, 1.82) is 0 Å². The van der Waals surface area contributed by atoms with E-state index >= 15 is 0 Å². The molecule has 0 aliphatic rings. The highest BCUT2D eigenvalue weighted by molar-refractivity contribution is 5.71. The van der Waals surface area contributed by atoms with Gasteiger partial charge in [-0.2, -0.15) is 0 Å². The highest BCUT2D eigenvalue weighted by atomic mass is 16.6. The Hall–Kier alpha value is -1.59. The lowest BCUT2D eigenvalue weighted by molar-refractivity contribution is -0.167. The molecule has 0 rings (SSSR count). The van der Waals surface area contributed by atoms with E-state index in [9.17, 15) is 14.4 Å². The molecule has 0 bridgehead atoms. The first kappa shape index (κ1) is 64.4. The molecule has 0 unspecified atom stereocenters. The minimum Gasteiger partial charge on any atom is -0.462 e. The Balaban J connectivity index is 4.30. The Labute approximate surface area is 412 Å². The van der Waals surface area contributed by atoms with Crippen molar-refractivity contribution in [1.82, 2.24) is 0 Å². The van der Waals surface area contributed by atoms with E-state index in [0.717, 1.165) is 69.6 Å². The molecule has 0 heterocycles. The van der Waals surface area contributed by atoms with Gasteiger partial charge in [0, 0.05) is 19.3 Å². The molecule has 0 saturated heterocycles. The summed E-state index contributed by atoms with van der Waals surface area (Å²) in [5.41, 5.74) is 0. The van der Waals surface area contributed by atoms with Gasteiger partial charge in [0.2, 0.25) is 0 Å². The molecule has 0 saturated carbocycles. The lowest BCUT2D eigenvalue weighted by atomic mass is 10.0. The predicted molar refractivity (Wildman–Crippen MR) is 284 cm³/mol. The standard InChI is InChI=1S/C60H116O6/c1-6-7-8-9-10-11-12-13-14-15-16-20-25-30-35-40-45-50-58(61)64-53-57(54-65-59(62)51-46-41-36-31-27-22-24-29-34-39-44-49-56(4)5)66-60(63)52-47-42-37-32-26-21-18-17-19-23-28-33-38-43-48-55(2)3/h55-57H,6-54H2,1-5H3/t57-/m1/s1. The van der Waals surface area contributed by atoms with Crippen molar-refractivity contribution in [2.24, 2.45) is 11.8 Å². The zero-order chi connectivity index (χ0) is 48.2. The van der Waals surface area contributed by atoms with Crippen LogP contribution in [0.5, 0.6) is 0 Å². The van der Waals surface area contributed by atoms with Crippen molar-refractivity contribution < 1.29 is 28.6 Å². The quantitative estimate of drug-likeness (QED) is 0.0343. The van der Waals surface area contributed by atoms with Gasteiger partial charge in [0.1, 0.15) is 13.2 Å². The summed E-state index contributed by atoms with van der Waals surface area (Å²) in [7, 11) is 0. The van der Waals surface area contributed by atoms with Crippen molar-refractivity contribution in [2.45, 2.75) is 343 Å². The van der Waals surface area contributed by atoms with E-state index in [1.165, 1.54) is 225 Å². The van der Waals surface area contributed by atoms with Crippen LogP contribution in [0.25, 0.3) is 0 Å². The summed E-state index contributed by atoms with van der Waals surface area (Å²) >= 11 is 0. The summed E-state index contributed by atoms with van der Waals surface area (Å²) in [6.07, 6.45) is 56.7. The average molecular weight is 934 g/mol. The van der Waals surface area contributed by atoms with Crippen LogP contribution in [0, 0.1) is 11.8 Å². The Bertz CT molecular complexity index is 1010. The summed E-state index contributed by atoms with van der Waals surface area (Å²) in [5, 5.41) is 0. The smallest absolute Gasteiger partial charge is 0.306 e. The van der Waals surface area contributed by atoms with Crippen LogP contribution in [0.2, 0.25) is 0 Å². The molecule has 392 valence electrons. The lowest BCUT2D eigenvalue weighted by Gasteiger charge is -2.18. The molecule has 1 atom stereocenters. The topological polar surface area (TPSA) is 78.9 Å². The molecule has 0 amide bonds. The first-order valence-corrected chi connectivity index (χ1v) is 29.7. The Morgan fingerprint density at radius 2 is 0.500 bits per heavy atom. The number of ether oxygens (including phenoxy) is 3. The minimum atomic E-state index is -0.763. The summed E-state index contributed by atoms with van der Waals surface area (Å²) in [6, 6.07) is 0. The highest BCUT2D eigenvalue weighted by Crippen LogP contribution is 2.18. The Morgan fingerprint density at radius 3 is 0.742 bits per heavy atom. The van der Waals surface area contributed by atoms with Crippen LogP contribution in [0.3, 0.4) is 0 Å². The number of carbonyl (C=O) groups excluding carboxylic acids is 3. The molecule has 0 spiro atoms. The Morgan fingerprint density at radius 1 is 0.288 bits per heavy atom. The van der Waals surface area contributed by atoms with Gasteiger partial charge in [0.05, 0.1) is 0 Å². The van der Waals surface area contributed by atoms with Crippen molar-refractivity contribution in [3.05, 3.63) is 0 Å². The zero-order valence-electron chi connectivity index (χ0n) is 45.3. The molecule has 0 aliphatic heterocycles. The SMILES string of the molecule is CCCCCCCCCCCCCCCCCCCC(=O)OC[C@H](COC(=O)CCCCCCCCCCCCCC(C)C)OC(=O)CCCCCCCCCCCCCCCCC(C)C. The third-order valence-electron chi connectivity index (χ3n) is 13.7. The van der Waals surface area contributed by atoms with Gasteiger partial charge in [-0.1, -0.05) is 298 Å². The average Bonchev–Trinajstić information content (AvgIpc) is 3.29. The van der Waals surface area contributed by atoms with Gasteiger partial charge in [0.15, 0.2) is 6.10 Å². The van der Waals surface area contributed by atoms with E-state index in [4.69, 9.17) is 14.2 Å². The fourth-order valence-corrected chi connectivity index (χ4v) is 9.23. The van der Waals surface area contributed by atoms with Crippen molar-refractivity contribution in [3.63, 3.8) is 0 Å². The number of carbonyl (C=O) groups is 3. The molecule has 66 heavy (non-hydrogen) atoms. The van der Waals surface area contributed by atoms with Crippen LogP contribution in [0.15, 0.2) is 0 Å². The van der Waals surface area contributed by atoms with Gasteiger partial charge in [-0.25, -0.2) is 0 Å². The fourth-order valence-electron chi connectivity index (χ4n) is 9.23. The number of hydrogen-bond acceptors (Lipinski definition) is 6. The van der Waals surface area contributed by atoms with Gasteiger partial charge in [-0.15, -0.1) is 0 Å². The van der Waals surface area contributed by atoms with Gasteiger partial charge in [-0.3, -0.25) is 14.4 Å². The molecule has 0 aromatic heterocycles. The maximum atomic E-state index is 12.9. The second-order valence-corrected chi connectivity index (χ2v) is 21.6.